The molecule has 1 N–H and O–H groups in total. The number of unbranched alkanes of at least 4 members (excludes halogenated alkanes) is 22. The SMILES string of the molecule is CC/C=C\C/C=C\C/C=C\C/C=C\CCCOCC(COP(=O)(O)OCC[N+](C)(C)C)OC(=O)CCCCCCCCCCCCCCC/C=C\CCCCCCCCCC. The number of nitrogens with zero attached hydrogens (tertiary/aromatic N) is 1. The summed E-state index contributed by atoms with van der Waals surface area (Å²) < 4.78 is 35.0. The molecule has 0 saturated heterocycles. The van der Waals surface area contributed by atoms with Crippen LogP contribution in [0.5, 0.6) is 0 Å². The largest absolute Gasteiger partial charge is 0.472 e. The number of phosphoric ester groups is 1. The van der Waals surface area contributed by atoms with Gasteiger partial charge in [0.05, 0.1) is 34.4 Å². The molecule has 0 aliphatic rings. The minimum Gasteiger partial charge on any atom is -0.457 e. The fraction of sp³-hybridized carbons (Fsp3) is 0.788. The van der Waals surface area contributed by atoms with Crippen LogP contribution < -0.4 is 0 Å². The molecule has 0 aromatic heterocycles. The highest BCUT2D eigenvalue weighted by Gasteiger charge is 2.26. The highest BCUT2D eigenvalue weighted by molar-refractivity contribution is 7.47. The number of ether oxygens (including phenoxy) is 2. The summed E-state index contributed by atoms with van der Waals surface area (Å²) in [5.41, 5.74) is 0. The van der Waals surface area contributed by atoms with Crippen LogP contribution in [-0.4, -0.2) is 75.6 Å². The molecule has 0 rings (SSSR count). The summed E-state index contributed by atoms with van der Waals surface area (Å²) in [6, 6.07) is 0. The maximum absolute atomic E-state index is 12.7. The summed E-state index contributed by atoms with van der Waals surface area (Å²) in [5, 5.41) is 0. The molecule has 0 amide bonds. The minimum atomic E-state index is -4.29. The van der Waals surface area contributed by atoms with E-state index in [1.54, 1.807) is 0 Å². The number of carbonyl (C=O) groups excluding carboxylic acids is 1. The zero-order valence-electron chi connectivity index (χ0n) is 40.4. The third kappa shape index (κ3) is 49.1. The van der Waals surface area contributed by atoms with E-state index in [-0.39, 0.29) is 25.8 Å². The van der Waals surface area contributed by atoms with Crippen molar-refractivity contribution in [2.75, 3.05) is 54.1 Å². The molecular formula is C52H97NO7P+. The Morgan fingerprint density at radius 3 is 1.44 bits per heavy atom. The zero-order valence-corrected chi connectivity index (χ0v) is 41.3. The van der Waals surface area contributed by atoms with E-state index < -0.39 is 13.9 Å². The zero-order chi connectivity index (χ0) is 44.8. The van der Waals surface area contributed by atoms with Gasteiger partial charge in [-0.2, -0.15) is 0 Å². The lowest BCUT2D eigenvalue weighted by atomic mass is 10.0. The summed E-state index contributed by atoms with van der Waals surface area (Å²) in [4.78, 5) is 23.0. The summed E-state index contributed by atoms with van der Waals surface area (Å²) in [7, 11) is 1.63. The smallest absolute Gasteiger partial charge is 0.457 e. The van der Waals surface area contributed by atoms with Crippen LogP contribution in [0.3, 0.4) is 0 Å². The second kappa shape index (κ2) is 44.8. The lowest BCUT2D eigenvalue weighted by Crippen LogP contribution is -2.37. The molecule has 61 heavy (non-hydrogen) atoms. The van der Waals surface area contributed by atoms with Crippen LogP contribution in [0, 0.1) is 0 Å². The molecule has 0 aromatic rings. The van der Waals surface area contributed by atoms with Gasteiger partial charge in [0.15, 0.2) is 0 Å². The van der Waals surface area contributed by atoms with Gasteiger partial charge in [0, 0.05) is 13.0 Å². The normalized spacial score (nSPS) is 14.1. The molecule has 0 aliphatic heterocycles. The van der Waals surface area contributed by atoms with E-state index in [1.165, 1.54) is 128 Å². The van der Waals surface area contributed by atoms with E-state index >= 15 is 0 Å². The van der Waals surface area contributed by atoms with Gasteiger partial charge < -0.3 is 18.9 Å². The Morgan fingerprint density at radius 2 is 0.951 bits per heavy atom. The van der Waals surface area contributed by atoms with Crippen LogP contribution >= 0.6 is 7.82 Å². The second-order valence-corrected chi connectivity index (χ2v) is 19.3. The van der Waals surface area contributed by atoms with Gasteiger partial charge in [0.2, 0.25) is 0 Å². The lowest BCUT2D eigenvalue weighted by Gasteiger charge is -2.24. The molecule has 0 bridgehead atoms. The maximum atomic E-state index is 12.7. The molecule has 0 spiro atoms. The topological polar surface area (TPSA) is 91.3 Å². The van der Waals surface area contributed by atoms with Gasteiger partial charge in [-0.05, 0) is 70.6 Å². The Bertz CT molecular complexity index is 1160. The molecule has 0 aromatic carbocycles. The average Bonchev–Trinajstić information content (AvgIpc) is 3.22. The molecular weight excluding hydrogens is 782 g/mol. The van der Waals surface area contributed by atoms with Crippen molar-refractivity contribution in [3.05, 3.63) is 60.8 Å². The van der Waals surface area contributed by atoms with E-state index in [1.807, 2.05) is 21.1 Å². The quantitative estimate of drug-likeness (QED) is 0.0214. The van der Waals surface area contributed by atoms with Crippen molar-refractivity contribution in [1.29, 1.82) is 0 Å². The number of carbonyl (C=O) groups is 1. The average molecular weight is 879 g/mol. The van der Waals surface area contributed by atoms with Crippen molar-refractivity contribution < 1.29 is 37.3 Å². The molecule has 0 heterocycles. The fourth-order valence-electron chi connectivity index (χ4n) is 6.73. The third-order valence-corrected chi connectivity index (χ3v) is 11.5. The van der Waals surface area contributed by atoms with Crippen LogP contribution in [0.15, 0.2) is 60.8 Å². The van der Waals surface area contributed by atoms with Gasteiger partial charge in [0.1, 0.15) is 19.3 Å². The Balaban J connectivity index is 4.13. The molecule has 0 saturated carbocycles. The van der Waals surface area contributed by atoms with Crippen molar-refractivity contribution in [2.45, 2.75) is 213 Å². The first-order valence-corrected chi connectivity index (χ1v) is 26.5. The number of likely N-dealkylation sites (N-methyl/N-ethyl adjacent to an activating group) is 1. The van der Waals surface area contributed by atoms with Gasteiger partial charge in [-0.1, -0.05) is 190 Å². The predicted octanol–water partition coefficient (Wildman–Crippen LogP) is 15.3. The van der Waals surface area contributed by atoms with Crippen LogP contribution in [0.1, 0.15) is 206 Å². The first-order chi connectivity index (χ1) is 29.6. The van der Waals surface area contributed by atoms with Crippen molar-refractivity contribution in [3.8, 4) is 0 Å². The summed E-state index contributed by atoms with van der Waals surface area (Å²) >= 11 is 0. The molecule has 9 heteroatoms. The third-order valence-electron chi connectivity index (χ3n) is 10.6. The second-order valence-electron chi connectivity index (χ2n) is 17.8. The monoisotopic (exact) mass is 879 g/mol. The molecule has 356 valence electrons. The molecule has 2 unspecified atom stereocenters. The van der Waals surface area contributed by atoms with Crippen LogP contribution in [0.4, 0.5) is 0 Å². The van der Waals surface area contributed by atoms with Gasteiger partial charge in [-0.3, -0.25) is 13.8 Å². The van der Waals surface area contributed by atoms with E-state index in [2.05, 4.69) is 74.6 Å². The molecule has 0 radical (unpaired) electrons. The van der Waals surface area contributed by atoms with E-state index in [9.17, 15) is 14.3 Å². The number of phosphoric acid groups is 1. The molecule has 0 aliphatic carbocycles. The Morgan fingerprint density at radius 1 is 0.525 bits per heavy atom. The first-order valence-electron chi connectivity index (χ1n) is 25.0. The van der Waals surface area contributed by atoms with Crippen LogP contribution in [0.25, 0.3) is 0 Å². The van der Waals surface area contributed by atoms with Crippen molar-refractivity contribution in [3.63, 3.8) is 0 Å². The molecule has 8 nitrogen and oxygen atoms in total. The maximum Gasteiger partial charge on any atom is 0.472 e. The van der Waals surface area contributed by atoms with Crippen molar-refractivity contribution in [1.82, 2.24) is 0 Å². The van der Waals surface area contributed by atoms with Crippen LogP contribution in [-0.2, 0) is 27.9 Å². The Kier molecular flexibility index (Phi) is 43.5. The number of hydrogen-bond acceptors (Lipinski definition) is 6. The number of hydrogen-bond donors (Lipinski definition) is 1. The summed E-state index contributed by atoms with van der Waals surface area (Å²) in [5.74, 6) is -0.332. The highest BCUT2D eigenvalue weighted by atomic mass is 31.2. The fourth-order valence-corrected chi connectivity index (χ4v) is 7.47. The standard InChI is InChI=1S/C52H96NO7P/c1-6-8-10-12-14-16-18-20-22-23-24-25-26-27-28-29-30-31-32-33-35-37-39-41-43-45-52(54)60-51(50-59-61(55,56)58-48-46-53(3,4)5)49-57-47-44-42-40-38-36-34-21-19-17-15-13-11-9-7-2/h9,11,15,17,21,23-24,34,38,40,51H,6-8,10,12-14,16,18-20,22,25-33,35-37,39,41-50H2,1-5H3/p+1/b11-9-,17-15-,24-23-,34-21-,40-38-. The van der Waals surface area contributed by atoms with E-state index in [0.29, 0.717) is 24.1 Å². The van der Waals surface area contributed by atoms with E-state index in [4.69, 9.17) is 18.5 Å². The predicted molar refractivity (Wildman–Crippen MR) is 261 cm³/mol. The molecule has 0 fully saturated rings. The van der Waals surface area contributed by atoms with Gasteiger partial charge in [-0.15, -0.1) is 0 Å². The number of esters is 1. The summed E-state index contributed by atoms with van der Waals surface area (Å²) in [6.45, 7) is 5.37. The number of allylic oxidation sites excluding steroid dienone is 10. The van der Waals surface area contributed by atoms with Gasteiger partial charge >= 0.3 is 13.8 Å². The van der Waals surface area contributed by atoms with Crippen molar-refractivity contribution >= 4 is 13.8 Å². The Labute approximate surface area is 377 Å². The van der Waals surface area contributed by atoms with Crippen molar-refractivity contribution in [2.24, 2.45) is 0 Å². The first kappa shape index (κ1) is 59.2. The van der Waals surface area contributed by atoms with Crippen LogP contribution in [0.2, 0.25) is 0 Å². The highest BCUT2D eigenvalue weighted by Crippen LogP contribution is 2.43. The van der Waals surface area contributed by atoms with E-state index in [0.717, 1.165) is 57.8 Å². The Hall–Kier alpha value is -1.80. The minimum absolute atomic E-state index is 0.0768. The van der Waals surface area contributed by atoms with Gasteiger partial charge in [0.25, 0.3) is 0 Å². The summed E-state index contributed by atoms with van der Waals surface area (Å²) in [6.07, 6.45) is 57.2. The lowest BCUT2D eigenvalue weighted by molar-refractivity contribution is -0.870. The molecule has 2 atom stereocenters. The van der Waals surface area contributed by atoms with Gasteiger partial charge in [-0.25, -0.2) is 4.57 Å². The number of rotatable bonds is 46. The number of quaternary nitrogens is 1.